The van der Waals surface area contributed by atoms with Crippen LogP contribution in [-0.4, -0.2) is 69.9 Å². The van der Waals surface area contributed by atoms with Gasteiger partial charge in [0.25, 0.3) is 0 Å². The Morgan fingerprint density at radius 1 is 1.09 bits per heavy atom. The third-order valence-electron chi connectivity index (χ3n) is 6.11. The van der Waals surface area contributed by atoms with E-state index in [2.05, 4.69) is 56.5 Å². The minimum Gasteiger partial charge on any atom is -0.493 e. The summed E-state index contributed by atoms with van der Waals surface area (Å²) in [6.07, 6.45) is 7.50. The summed E-state index contributed by atoms with van der Waals surface area (Å²) in [5.74, 6) is 1.12. The number of hydrogen-bond donors (Lipinski definition) is 1. The molecule has 1 saturated carbocycles. The van der Waals surface area contributed by atoms with Gasteiger partial charge in [-0.15, -0.1) is 11.6 Å². The summed E-state index contributed by atoms with van der Waals surface area (Å²) < 4.78 is 7.37. The molecule has 3 heterocycles. The monoisotopic (exact) mass is 453 g/mol. The van der Waals surface area contributed by atoms with Crippen LogP contribution in [0.5, 0.6) is 5.75 Å². The molecular weight excluding hydrogens is 426 g/mol. The van der Waals surface area contributed by atoms with Crippen molar-refractivity contribution in [2.75, 3.05) is 50.6 Å². The topological polar surface area (TPSA) is 71.3 Å². The number of aromatic nitrogens is 4. The second-order valence-electron chi connectivity index (χ2n) is 8.65. The van der Waals surface area contributed by atoms with Gasteiger partial charge in [-0.2, -0.15) is 5.10 Å². The molecule has 1 aromatic carbocycles. The molecule has 2 aromatic heterocycles. The molecule has 1 aliphatic heterocycles. The molecule has 5 rings (SSSR count). The smallest absolute Gasteiger partial charge is 0.227 e. The van der Waals surface area contributed by atoms with Crippen molar-refractivity contribution >= 4 is 28.9 Å². The average Bonchev–Trinajstić information content (AvgIpc) is 3.35. The van der Waals surface area contributed by atoms with Gasteiger partial charge in [0, 0.05) is 49.3 Å². The van der Waals surface area contributed by atoms with Gasteiger partial charge in [0.2, 0.25) is 5.95 Å². The van der Waals surface area contributed by atoms with Crippen LogP contribution in [-0.2, 0) is 6.54 Å². The number of likely N-dealkylation sites (N-methyl/N-ethyl adjacent to an activating group) is 1. The first-order valence-corrected chi connectivity index (χ1v) is 11.3. The number of rotatable bonds is 7. The maximum atomic E-state index is 6.45. The minimum absolute atomic E-state index is 0.137. The number of halogens is 1. The van der Waals surface area contributed by atoms with Gasteiger partial charge < -0.3 is 19.9 Å². The highest BCUT2D eigenvalue weighted by Gasteiger charge is 2.41. The van der Waals surface area contributed by atoms with Gasteiger partial charge in [-0.25, -0.2) is 9.97 Å². The number of benzene rings is 1. The number of nitrogens with zero attached hydrogens (tertiary/aromatic N) is 6. The first-order valence-electron chi connectivity index (χ1n) is 10.9. The Balaban J connectivity index is 1.31. The van der Waals surface area contributed by atoms with Crippen LogP contribution in [0.25, 0.3) is 11.3 Å². The normalized spacial score (nSPS) is 17.9. The molecule has 0 spiro atoms. The van der Waals surface area contributed by atoms with E-state index in [-0.39, 0.29) is 4.87 Å². The number of hydrogen-bond acceptors (Lipinski definition) is 7. The fraction of sp³-hybridized carbons (Fsp3) is 0.435. The third-order valence-corrected chi connectivity index (χ3v) is 6.61. The van der Waals surface area contributed by atoms with Gasteiger partial charge in [-0.1, -0.05) is 0 Å². The molecule has 1 aliphatic carbocycles. The summed E-state index contributed by atoms with van der Waals surface area (Å²) in [6.45, 7) is 4.97. The molecule has 0 bridgehead atoms. The van der Waals surface area contributed by atoms with E-state index < -0.39 is 0 Å². The van der Waals surface area contributed by atoms with Crippen molar-refractivity contribution in [2.45, 2.75) is 24.3 Å². The van der Waals surface area contributed by atoms with Gasteiger partial charge in [0.15, 0.2) is 5.75 Å². The molecule has 0 radical (unpaired) electrons. The van der Waals surface area contributed by atoms with E-state index in [4.69, 9.17) is 21.3 Å². The molecule has 9 heteroatoms. The number of piperazine rings is 1. The first-order chi connectivity index (χ1) is 15.5. The van der Waals surface area contributed by atoms with Crippen molar-refractivity contribution in [3.8, 4) is 17.0 Å². The molecule has 0 amide bonds. The number of methoxy groups -OCH3 is 1. The number of alkyl halides is 1. The van der Waals surface area contributed by atoms with Gasteiger partial charge in [0.05, 0.1) is 30.9 Å². The van der Waals surface area contributed by atoms with Gasteiger partial charge >= 0.3 is 0 Å². The summed E-state index contributed by atoms with van der Waals surface area (Å²) in [5.41, 5.74) is 3.75. The highest BCUT2D eigenvalue weighted by atomic mass is 35.5. The molecule has 2 aliphatic rings. The summed E-state index contributed by atoms with van der Waals surface area (Å²) in [6, 6.07) is 8.41. The molecule has 3 aromatic rings. The summed E-state index contributed by atoms with van der Waals surface area (Å²) >= 11 is 6.45. The van der Waals surface area contributed by atoms with Crippen molar-refractivity contribution in [1.29, 1.82) is 0 Å². The van der Waals surface area contributed by atoms with E-state index in [1.165, 1.54) is 5.69 Å². The van der Waals surface area contributed by atoms with Gasteiger partial charge in [-0.05, 0) is 44.2 Å². The summed E-state index contributed by atoms with van der Waals surface area (Å²) in [5, 5.41) is 7.76. The molecule has 168 valence electrons. The molecular formula is C23H28ClN7O. The second-order valence-corrected chi connectivity index (χ2v) is 9.45. The van der Waals surface area contributed by atoms with E-state index in [0.717, 1.165) is 50.3 Å². The van der Waals surface area contributed by atoms with Crippen molar-refractivity contribution < 1.29 is 4.74 Å². The Bertz CT molecular complexity index is 1070. The van der Waals surface area contributed by atoms with Gasteiger partial charge in [-0.3, -0.25) is 4.68 Å². The Morgan fingerprint density at radius 3 is 2.53 bits per heavy atom. The summed E-state index contributed by atoms with van der Waals surface area (Å²) in [7, 11) is 3.79. The SMILES string of the molecule is COc1cnc(Nc2ccc(N3CCN(C)CC3)cc2)nc1-c1cnn(CC2(Cl)CC2)c1. The van der Waals surface area contributed by atoms with Crippen molar-refractivity contribution in [2.24, 2.45) is 0 Å². The van der Waals surface area contributed by atoms with Crippen LogP contribution >= 0.6 is 11.6 Å². The number of nitrogens with one attached hydrogen (secondary N) is 1. The van der Waals surface area contributed by atoms with Crippen LogP contribution in [0, 0.1) is 0 Å². The van der Waals surface area contributed by atoms with Crippen LogP contribution in [0.15, 0.2) is 42.9 Å². The molecule has 1 N–H and O–H groups in total. The van der Waals surface area contributed by atoms with E-state index in [9.17, 15) is 0 Å². The van der Waals surface area contributed by atoms with Crippen LogP contribution in [0.2, 0.25) is 0 Å². The van der Waals surface area contributed by atoms with Gasteiger partial charge in [0.1, 0.15) is 5.69 Å². The fourth-order valence-corrected chi connectivity index (χ4v) is 4.11. The lowest BCUT2D eigenvalue weighted by Gasteiger charge is -2.34. The predicted octanol–water partition coefficient (Wildman–Crippen LogP) is 3.62. The second kappa shape index (κ2) is 8.60. The molecule has 1 saturated heterocycles. The molecule has 0 atom stereocenters. The van der Waals surface area contributed by atoms with Crippen LogP contribution in [0.4, 0.5) is 17.3 Å². The van der Waals surface area contributed by atoms with Crippen molar-refractivity contribution in [3.05, 3.63) is 42.9 Å². The lowest BCUT2D eigenvalue weighted by Crippen LogP contribution is -2.44. The van der Waals surface area contributed by atoms with Crippen molar-refractivity contribution in [3.63, 3.8) is 0 Å². The quantitative estimate of drug-likeness (QED) is 0.548. The zero-order valence-corrected chi connectivity index (χ0v) is 19.2. The molecule has 32 heavy (non-hydrogen) atoms. The largest absolute Gasteiger partial charge is 0.493 e. The zero-order chi connectivity index (χ0) is 22.1. The standard InChI is InChI=1S/C23H28ClN7O/c1-29-9-11-30(12-10-29)19-5-3-18(4-6-19)27-22-25-14-20(32-2)21(28-22)17-13-26-31(15-17)16-23(24)7-8-23/h3-6,13-15H,7-12,16H2,1-2H3,(H,25,27,28). The van der Waals surface area contributed by atoms with E-state index in [0.29, 0.717) is 23.9 Å². The van der Waals surface area contributed by atoms with Crippen LogP contribution in [0.1, 0.15) is 12.8 Å². The summed E-state index contributed by atoms with van der Waals surface area (Å²) in [4.78, 5) is 13.8. The van der Waals surface area contributed by atoms with Crippen LogP contribution in [0.3, 0.4) is 0 Å². The Kier molecular flexibility index (Phi) is 5.65. The predicted molar refractivity (Wildman–Crippen MR) is 127 cm³/mol. The van der Waals surface area contributed by atoms with E-state index >= 15 is 0 Å². The van der Waals surface area contributed by atoms with Crippen molar-refractivity contribution in [1.82, 2.24) is 24.6 Å². The Morgan fingerprint density at radius 2 is 1.84 bits per heavy atom. The van der Waals surface area contributed by atoms with Crippen LogP contribution < -0.4 is 15.0 Å². The Hall–Kier alpha value is -2.84. The van der Waals surface area contributed by atoms with E-state index in [1.54, 1.807) is 19.5 Å². The minimum atomic E-state index is -0.137. The lowest BCUT2D eigenvalue weighted by atomic mass is 10.2. The number of anilines is 3. The maximum Gasteiger partial charge on any atom is 0.227 e. The fourth-order valence-electron chi connectivity index (χ4n) is 3.89. The lowest BCUT2D eigenvalue weighted by molar-refractivity contribution is 0.313. The van der Waals surface area contributed by atoms with E-state index in [1.807, 2.05) is 10.9 Å². The first kappa shape index (κ1) is 21.0. The Labute approximate surface area is 193 Å². The zero-order valence-electron chi connectivity index (χ0n) is 18.5. The highest BCUT2D eigenvalue weighted by Crippen LogP contribution is 2.44. The number of ether oxygens (including phenoxy) is 1. The highest BCUT2D eigenvalue weighted by molar-refractivity contribution is 6.25. The molecule has 2 fully saturated rings. The molecule has 8 nitrogen and oxygen atoms in total. The molecule has 0 unspecified atom stereocenters. The third kappa shape index (κ3) is 4.66. The average molecular weight is 454 g/mol. The maximum absolute atomic E-state index is 6.45.